The molecule has 0 bridgehead atoms. The molecule has 1 aromatic heterocycles. The molecule has 0 spiro atoms. The normalized spacial score (nSPS) is 23.4. The van der Waals surface area contributed by atoms with Crippen LogP contribution in [0.2, 0.25) is 0 Å². The molecule has 2 aliphatic heterocycles. The van der Waals surface area contributed by atoms with Crippen molar-refractivity contribution in [3.05, 3.63) is 30.6 Å². The van der Waals surface area contributed by atoms with Crippen LogP contribution in [0.15, 0.2) is 30.6 Å². The molecule has 9 nitrogen and oxygen atoms in total. The van der Waals surface area contributed by atoms with Gasteiger partial charge in [-0.05, 0) is 61.4 Å². The van der Waals surface area contributed by atoms with Gasteiger partial charge in [0.2, 0.25) is 0 Å². The molecule has 0 saturated carbocycles. The molecular formula is C20H30N8O. The van der Waals surface area contributed by atoms with Gasteiger partial charge >= 0.3 is 6.03 Å². The number of piperazine rings is 1. The molecule has 2 atom stereocenters. The number of carbonyl (C=O) groups is 1. The van der Waals surface area contributed by atoms with Crippen LogP contribution in [0.4, 0.5) is 10.5 Å². The number of nitrogens with zero attached hydrogens (tertiary/aromatic N) is 7. The predicted octanol–water partition coefficient (Wildman–Crippen LogP) is 1.68. The second kappa shape index (κ2) is 8.87. The smallest absolute Gasteiger partial charge is 0.321 e. The molecule has 1 aromatic carbocycles. The number of likely N-dealkylation sites (tertiary alicyclic amines) is 1. The Morgan fingerprint density at radius 3 is 2.34 bits per heavy atom. The lowest BCUT2D eigenvalue weighted by Gasteiger charge is -2.36. The van der Waals surface area contributed by atoms with Gasteiger partial charge in [0.05, 0.1) is 5.69 Å². The van der Waals surface area contributed by atoms with E-state index in [0.29, 0.717) is 12.1 Å². The summed E-state index contributed by atoms with van der Waals surface area (Å²) in [6, 6.07) is 8.84. The Bertz CT molecular complexity index is 775. The fourth-order valence-corrected chi connectivity index (χ4v) is 4.30. The molecule has 2 aromatic rings. The van der Waals surface area contributed by atoms with E-state index in [4.69, 9.17) is 0 Å². The molecule has 1 N–H and O–H groups in total. The highest BCUT2D eigenvalue weighted by Crippen LogP contribution is 2.23. The molecule has 29 heavy (non-hydrogen) atoms. The van der Waals surface area contributed by atoms with Gasteiger partial charge in [-0.25, -0.2) is 9.48 Å². The SMILES string of the molecule is CC1CCC(C)N1CCN1CCN(C(=O)Nc2ccc(-n3cnnn3)cc2)CC1. The lowest BCUT2D eigenvalue weighted by molar-refractivity contribution is 0.123. The monoisotopic (exact) mass is 398 g/mol. The van der Waals surface area contributed by atoms with E-state index in [2.05, 4.69) is 44.5 Å². The number of benzene rings is 1. The summed E-state index contributed by atoms with van der Waals surface area (Å²) in [5.41, 5.74) is 1.62. The third kappa shape index (κ3) is 4.73. The minimum atomic E-state index is -0.0402. The van der Waals surface area contributed by atoms with E-state index >= 15 is 0 Å². The highest BCUT2D eigenvalue weighted by Gasteiger charge is 2.28. The third-order valence-electron chi connectivity index (χ3n) is 6.20. The Kier molecular flexibility index (Phi) is 6.05. The summed E-state index contributed by atoms with van der Waals surface area (Å²) in [5, 5.41) is 14.1. The van der Waals surface area contributed by atoms with Gasteiger partial charge in [0.1, 0.15) is 6.33 Å². The fourth-order valence-electron chi connectivity index (χ4n) is 4.30. The fraction of sp³-hybridized carbons (Fsp3) is 0.600. The average molecular weight is 399 g/mol. The first-order chi connectivity index (χ1) is 14.1. The molecule has 156 valence electrons. The number of urea groups is 1. The molecule has 2 fully saturated rings. The van der Waals surface area contributed by atoms with Crippen molar-refractivity contribution in [3.8, 4) is 5.69 Å². The van der Waals surface area contributed by atoms with Crippen LogP contribution in [0.5, 0.6) is 0 Å². The lowest BCUT2D eigenvalue weighted by atomic mass is 10.2. The van der Waals surface area contributed by atoms with Crippen LogP contribution < -0.4 is 5.32 Å². The minimum absolute atomic E-state index is 0.0402. The van der Waals surface area contributed by atoms with E-state index < -0.39 is 0 Å². The first-order valence-corrected chi connectivity index (χ1v) is 10.5. The second-order valence-corrected chi connectivity index (χ2v) is 8.07. The van der Waals surface area contributed by atoms with E-state index in [9.17, 15) is 4.79 Å². The summed E-state index contributed by atoms with van der Waals surface area (Å²) in [5.74, 6) is 0. The number of tetrazole rings is 1. The van der Waals surface area contributed by atoms with Gasteiger partial charge in [0, 0.05) is 57.0 Å². The molecule has 0 radical (unpaired) electrons. The van der Waals surface area contributed by atoms with Crippen molar-refractivity contribution < 1.29 is 4.79 Å². The van der Waals surface area contributed by atoms with Gasteiger partial charge in [-0.3, -0.25) is 9.80 Å². The number of anilines is 1. The van der Waals surface area contributed by atoms with E-state index in [0.717, 1.165) is 50.6 Å². The molecule has 0 aliphatic carbocycles. The number of aromatic nitrogens is 4. The van der Waals surface area contributed by atoms with Crippen molar-refractivity contribution in [2.24, 2.45) is 0 Å². The molecular weight excluding hydrogens is 368 g/mol. The molecule has 2 aliphatic rings. The first-order valence-electron chi connectivity index (χ1n) is 10.5. The Labute approximate surface area is 171 Å². The zero-order valence-corrected chi connectivity index (χ0v) is 17.2. The Morgan fingerprint density at radius 1 is 1.03 bits per heavy atom. The Balaban J connectivity index is 1.22. The van der Waals surface area contributed by atoms with Crippen LogP contribution in [0.25, 0.3) is 5.69 Å². The van der Waals surface area contributed by atoms with Crippen molar-refractivity contribution in [3.63, 3.8) is 0 Å². The van der Waals surface area contributed by atoms with E-state index in [1.165, 1.54) is 19.2 Å². The molecule has 3 heterocycles. The van der Waals surface area contributed by atoms with Crippen molar-refractivity contribution in [2.45, 2.75) is 38.8 Å². The van der Waals surface area contributed by atoms with Gasteiger partial charge < -0.3 is 10.2 Å². The zero-order chi connectivity index (χ0) is 20.2. The Hall–Kier alpha value is -2.52. The standard InChI is InChI=1S/C20H30N8O/c1-16-3-4-17(2)27(16)14-11-25-9-12-26(13-10-25)20(29)22-18-5-7-19(8-6-18)28-15-21-23-24-28/h5-8,15-17H,3-4,9-14H2,1-2H3,(H,22,29). The number of carbonyl (C=O) groups excluding carboxylic acids is 1. The van der Waals surface area contributed by atoms with E-state index in [1.54, 1.807) is 4.68 Å². The number of hydrogen-bond donors (Lipinski definition) is 1. The Morgan fingerprint density at radius 2 is 1.72 bits per heavy atom. The van der Waals surface area contributed by atoms with Crippen molar-refractivity contribution >= 4 is 11.7 Å². The van der Waals surface area contributed by atoms with Crippen LogP contribution in [0.1, 0.15) is 26.7 Å². The predicted molar refractivity (Wildman–Crippen MR) is 111 cm³/mol. The maximum Gasteiger partial charge on any atom is 0.321 e. The van der Waals surface area contributed by atoms with Crippen molar-refractivity contribution in [1.29, 1.82) is 0 Å². The number of nitrogens with one attached hydrogen (secondary N) is 1. The molecule has 2 saturated heterocycles. The van der Waals surface area contributed by atoms with E-state index in [1.807, 2.05) is 29.2 Å². The summed E-state index contributed by atoms with van der Waals surface area (Å²) >= 11 is 0. The number of amides is 2. The largest absolute Gasteiger partial charge is 0.322 e. The van der Waals surface area contributed by atoms with Crippen LogP contribution in [0, 0.1) is 0 Å². The number of rotatable bonds is 5. The summed E-state index contributed by atoms with van der Waals surface area (Å²) in [7, 11) is 0. The van der Waals surface area contributed by atoms with Gasteiger partial charge in [0.25, 0.3) is 0 Å². The molecule has 2 unspecified atom stereocenters. The maximum absolute atomic E-state index is 12.6. The summed E-state index contributed by atoms with van der Waals surface area (Å²) in [6.45, 7) is 10.3. The topological polar surface area (TPSA) is 82.4 Å². The van der Waals surface area contributed by atoms with Gasteiger partial charge in [-0.1, -0.05) is 0 Å². The highest BCUT2D eigenvalue weighted by atomic mass is 16.2. The number of hydrogen-bond acceptors (Lipinski definition) is 6. The van der Waals surface area contributed by atoms with Crippen LogP contribution in [0.3, 0.4) is 0 Å². The first kappa shape index (κ1) is 19.8. The maximum atomic E-state index is 12.6. The van der Waals surface area contributed by atoms with Gasteiger partial charge in [0.15, 0.2) is 0 Å². The molecule has 2 amide bonds. The minimum Gasteiger partial charge on any atom is -0.322 e. The van der Waals surface area contributed by atoms with Crippen molar-refractivity contribution in [2.75, 3.05) is 44.6 Å². The average Bonchev–Trinajstić information content (AvgIpc) is 3.38. The van der Waals surface area contributed by atoms with Gasteiger partial charge in [-0.15, -0.1) is 5.10 Å². The van der Waals surface area contributed by atoms with Crippen molar-refractivity contribution in [1.82, 2.24) is 34.9 Å². The molecule has 4 rings (SSSR count). The van der Waals surface area contributed by atoms with Gasteiger partial charge in [-0.2, -0.15) is 0 Å². The quantitative estimate of drug-likeness (QED) is 0.825. The summed E-state index contributed by atoms with van der Waals surface area (Å²) in [6.07, 6.45) is 4.16. The summed E-state index contributed by atoms with van der Waals surface area (Å²) in [4.78, 5) is 19.6. The van der Waals surface area contributed by atoms with Crippen LogP contribution in [-0.2, 0) is 0 Å². The summed E-state index contributed by atoms with van der Waals surface area (Å²) < 4.78 is 1.58. The van der Waals surface area contributed by atoms with Crippen LogP contribution in [-0.4, -0.2) is 92.3 Å². The van der Waals surface area contributed by atoms with Crippen LogP contribution >= 0.6 is 0 Å². The second-order valence-electron chi connectivity index (χ2n) is 8.07. The zero-order valence-electron chi connectivity index (χ0n) is 17.2. The highest BCUT2D eigenvalue weighted by molar-refractivity contribution is 5.89. The van der Waals surface area contributed by atoms with E-state index in [-0.39, 0.29) is 6.03 Å². The molecule has 9 heteroatoms. The lowest BCUT2D eigenvalue weighted by Crippen LogP contribution is -2.51. The third-order valence-corrected chi connectivity index (χ3v) is 6.20.